The molecule has 204 valence electrons. The third-order valence-corrected chi connectivity index (χ3v) is 6.82. The number of benzene rings is 1. The molecule has 0 bridgehead atoms. The number of aryl methyl sites for hydroxylation is 1. The van der Waals surface area contributed by atoms with Crippen molar-refractivity contribution in [3.05, 3.63) is 76.4 Å². The topological polar surface area (TPSA) is 128 Å². The van der Waals surface area contributed by atoms with E-state index < -0.39 is 23.9 Å². The Morgan fingerprint density at radius 1 is 1.18 bits per heavy atom. The van der Waals surface area contributed by atoms with Gasteiger partial charge in [0.1, 0.15) is 11.3 Å². The number of rotatable bonds is 5. The Bertz CT molecular complexity index is 1740. The largest absolute Gasteiger partial charge is 0.573 e. The van der Waals surface area contributed by atoms with Crippen LogP contribution in [-0.4, -0.2) is 42.7 Å². The quantitative estimate of drug-likeness (QED) is 0.364. The zero-order valence-electron chi connectivity index (χ0n) is 21.3. The molecule has 13 heteroatoms. The van der Waals surface area contributed by atoms with Gasteiger partial charge in [0.05, 0.1) is 29.7 Å². The number of amides is 2. The molecule has 1 saturated carbocycles. The number of hydrogen-bond acceptors (Lipinski definition) is 7. The van der Waals surface area contributed by atoms with Crippen molar-refractivity contribution in [1.82, 2.24) is 24.5 Å². The van der Waals surface area contributed by atoms with Crippen LogP contribution in [0.15, 0.2) is 54.0 Å². The fourth-order valence-corrected chi connectivity index (χ4v) is 4.72. The van der Waals surface area contributed by atoms with Gasteiger partial charge in [0.2, 0.25) is 0 Å². The Kier molecular flexibility index (Phi) is 5.75. The number of halogens is 3. The maximum atomic E-state index is 13.4. The summed E-state index contributed by atoms with van der Waals surface area (Å²) >= 11 is 0. The average molecular weight is 550 g/mol. The van der Waals surface area contributed by atoms with Crippen LogP contribution in [0.5, 0.6) is 5.75 Å². The van der Waals surface area contributed by atoms with Gasteiger partial charge in [-0.3, -0.25) is 14.6 Å². The molecule has 0 radical (unpaired) electrons. The summed E-state index contributed by atoms with van der Waals surface area (Å²) in [6, 6.07) is 7.67. The number of allylic oxidation sites excluding steroid dienone is 2. The Morgan fingerprint density at radius 3 is 2.62 bits per heavy atom. The van der Waals surface area contributed by atoms with E-state index >= 15 is 0 Å². The maximum Gasteiger partial charge on any atom is 0.573 e. The number of nitrogens with zero attached hydrogens (tertiary/aromatic N) is 5. The number of carbonyl (C=O) groups excluding carboxylic acids is 2. The van der Waals surface area contributed by atoms with Crippen molar-refractivity contribution in [1.29, 1.82) is 0 Å². The summed E-state index contributed by atoms with van der Waals surface area (Å²) in [4.78, 5) is 36.4. The molecule has 40 heavy (non-hydrogen) atoms. The first-order chi connectivity index (χ1) is 19.0. The summed E-state index contributed by atoms with van der Waals surface area (Å²) in [6.45, 7) is 3.70. The van der Waals surface area contributed by atoms with Crippen molar-refractivity contribution < 1.29 is 27.5 Å². The molecule has 1 aliphatic carbocycles. The van der Waals surface area contributed by atoms with Crippen LogP contribution in [0.2, 0.25) is 0 Å². The molecule has 0 unspecified atom stereocenters. The number of pyridine rings is 1. The van der Waals surface area contributed by atoms with Gasteiger partial charge in [0, 0.05) is 23.2 Å². The lowest BCUT2D eigenvalue weighted by atomic mass is 10.0. The van der Waals surface area contributed by atoms with E-state index in [1.165, 1.54) is 27.9 Å². The Morgan fingerprint density at radius 2 is 1.95 bits per heavy atom. The zero-order valence-corrected chi connectivity index (χ0v) is 21.3. The summed E-state index contributed by atoms with van der Waals surface area (Å²) in [7, 11) is 0. The number of carbonyl (C=O) groups is 2. The fourth-order valence-electron chi connectivity index (χ4n) is 4.72. The molecule has 4 aromatic rings. The van der Waals surface area contributed by atoms with Gasteiger partial charge in [-0.1, -0.05) is 5.57 Å². The number of anilines is 2. The lowest BCUT2D eigenvalue weighted by Crippen LogP contribution is -2.23. The number of fused-ring (bicyclic) bond motifs is 2. The molecule has 2 amide bonds. The van der Waals surface area contributed by atoms with E-state index in [1.54, 1.807) is 25.1 Å². The Balaban J connectivity index is 1.42. The molecular formula is C27H22F3N7O3. The molecular weight excluding hydrogens is 527 g/mol. The summed E-state index contributed by atoms with van der Waals surface area (Å²) < 4.78 is 45.7. The van der Waals surface area contributed by atoms with Gasteiger partial charge >= 0.3 is 6.36 Å². The van der Waals surface area contributed by atoms with Crippen molar-refractivity contribution in [2.45, 2.75) is 39.6 Å². The second-order valence-electron chi connectivity index (χ2n) is 9.62. The second-order valence-corrected chi connectivity index (χ2v) is 9.62. The minimum Gasteiger partial charge on any atom is -0.405 e. The highest BCUT2D eigenvalue weighted by Crippen LogP contribution is 2.42. The summed E-state index contributed by atoms with van der Waals surface area (Å²) in [5.74, 6) is -1.82. The highest BCUT2D eigenvalue weighted by Gasteiger charge is 2.39. The number of nitrogen functional groups attached to an aromatic ring is 1. The Labute approximate surface area is 225 Å². The van der Waals surface area contributed by atoms with Crippen LogP contribution in [0.3, 0.4) is 0 Å². The number of aromatic nitrogens is 4. The minimum absolute atomic E-state index is 0.0108. The summed E-state index contributed by atoms with van der Waals surface area (Å²) in [5.41, 5.74) is 9.90. The first kappa shape index (κ1) is 25.3. The first-order valence-electron chi connectivity index (χ1n) is 12.3. The van der Waals surface area contributed by atoms with E-state index in [0.29, 0.717) is 11.3 Å². The standard InChI is InChI=1S/C27H22F3N7O3/c1-13-3-6-18(11-32-13)33-25(38)22-23(31)35-37-8-7-19(34-24(22)37)16-9-17-12-36(14(2)15-4-5-15)26(39)21(17)20(10-16)40-27(28,29)30/h3,6-11H,4-5,12H2,1-2H3,(H2,31,35)(H,33,38). The van der Waals surface area contributed by atoms with Crippen molar-refractivity contribution in [2.75, 3.05) is 11.1 Å². The van der Waals surface area contributed by atoms with Crippen LogP contribution < -0.4 is 15.8 Å². The minimum atomic E-state index is -5.02. The van der Waals surface area contributed by atoms with Crippen LogP contribution in [0, 0.1) is 6.92 Å². The van der Waals surface area contributed by atoms with Gasteiger partial charge < -0.3 is 20.7 Å². The molecule has 1 fully saturated rings. The molecule has 0 saturated heterocycles. The molecule has 0 spiro atoms. The summed E-state index contributed by atoms with van der Waals surface area (Å²) in [6.07, 6.45) is -0.311. The van der Waals surface area contributed by atoms with E-state index in [9.17, 15) is 22.8 Å². The highest BCUT2D eigenvalue weighted by atomic mass is 19.4. The maximum absolute atomic E-state index is 13.4. The van der Waals surface area contributed by atoms with Crippen LogP contribution in [0.1, 0.15) is 51.7 Å². The van der Waals surface area contributed by atoms with Gasteiger partial charge in [-0.05, 0) is 62.6 Å². The van der Waals surface area contributed by atoms with E-state index in [-0.39, 0.29) is 40.4 Å². The normalized spacial score (nSPS) is 14.5. The molecule has 1 aliphatic heterocycles. The number of hydrogen-bond donors (Lipinski definition) is 2. The molecule has 4 heterocycles. The molecule has 1 aromatic carbocycles. The number of nitrogens with one attached hydrogen (secondary N) is 1. The number of alkyl halides is 3. The van der Waals surface area contributed by atoms with Crippen molar-refractivity contribution in [2.24, 2.45) is 0 Å². The molecule has 0 atom stereocenters. The van der Waals surface area contributed by atoms with Crippen LogP contribution in [-0.2, 0) is 6.54 Å². The SMILES string of the molecule is CC(=C1CC1)N1Cc2cc(-c3ccn4nc(N)c(C(=O)Nc5ccc(C)nc5)c4n3)cc(OC(F)(F)F)c2C1=O. The number of ether oxygens (including phenoxy) is 1. The molecule has 10 nitrogen and oxygen atoms in total. The second kappa shape index (κ2) is 9.07. The number of nitrogens with two attached hydrogens (primary N) is 1. The lowest BCUT2D eigenvalue weighted by Gasteiger charge is -2.16. The van der Waals surface area contributed by atoms with Crippen LogP contribution >= 0.6 is 0 Å². The predicted molar refractivity (Wildman–Crippen MR) is 138 cm³/mol. The van der Waals surface area contributed by atoms with Gasteiger partial charge in [-0.15, -0.1) is 18.3 Å². The molecule has 3 N–H and O–H groups in total. The lowest BCUT2D eigenvalue weighted by molar-refractivity contribution is -0.274. The first-order valence-corrected chi connectivity index (χ1v) is 12.3. The Hall–Kier alpha value is -4.94. The molecule has 2 aliphatic rings. The van der Waals surface area contributed by atoms with Gasteiger partial charge in [0.15, 0.2) is 11.5 Å². The van der Waals surface area contributed by atoms with Gasteiger partial charge in [-0.25, -0.2) is 9.50 Å². The zero-order chi connectivity index (χ0) is 28.3. The monoisotopic (exact) mass is 549 g/mol. The van der Waals surface area contributed by atoms with Gasteiger partial charge in [0.25, 0.3) is 11.8 Å². The van der Waals surface area contributed by atoms with Crippen molar-refractivity contribution >= 4 is 29.0 Å². The van der Waals surface area contributed by atoms with Crippen molar-refractivity contribution in [3.63, 3.8) is 0 Å². The molecule has 6 rings (SSSR count). The molecule has 3 aromatic heterocycles. The van der Waals surface area contributed by atoms with E-state index in [4.69, 9.17) is 5.73 Å². The smallest absolute Gasteiger partial charge is 0.405 e. The predicted octanol–water partition coefficient (Wildman–Crippen LogP) is 4.86. The van der Waals surface area contributed by atoms with E-state index in [0.717, 1.165) is 35.9 Å². The van der Waals surface area contributed by atoms with Crippen molar-refractivity contribution in [3.8, 4) is 17.0 Å². The average Bonchev–Trinajstić information content (AvgIpc) is 3.61. The third-order valence-electron chi connectivity index (χ3n) is 6.82. The van der Waals surface area contributed by atoms with Crippen LogP contribution in [0.4, 0.5) is 24.7 Å². The van der Waals surface area contributed by atoms with Crippen LogP contribution in [0.25, 0.3) is 16.9 Å². The highest BCUT2D eigenvalue weighted by molar-refractivity contribution is 6.11. The third kappa shape index (κ3) is 4.59. The summed E-state index contributed by atoms with van der Waals surface area (Å²) in [5, 5.41) is 6.84. The van der Waals surface area contributed by atoms with E-state index in [1.807, 2.05) is 6.92 Å². The fraction of sp³-hybridized carbons (Fsp3) is 0.222. The van der Waals surface area contributed by atoms with E-state index in [2.05, 4.69) is 25.1 Å². The van der Waals surface area contributed by atoms with Gasteiger partial charge in [-0.2, -0.15) is 0 Å².